The Bertz CT molecular complexity index is 367. The summed E-state index contributed by atoms with van der Waals surface area (Å²) in [7, 11) is 0. The molecule has 0 saturated heterocycles. The Morgan fingerprint density at radius 1 is 1.19 bits per heavy atom. The van der Waals surface area contributed by atoms with E-state index in [4.69, 9.17) is 0 Å². The van der Waals surface area contributed by atoms with Crippen molar-refractivity contribution in [2.24, 2.45) is 0 Å². The molecule has 0 aromatic heterocycles. The maximum Gasteiger partial charge on any atom is 0.0723 e. The Labute approximate surface area is 111 Å². The quantitative estimate of drug-likeness (QED) is 0.648. The van der Waals surface area contributed by atoms with Crippen LogP contribution in [-0.4, -0.2) is 11.2 Å². The normalized spacial score (nSPS) is 21.4. The molecule has 0 fully saturated rings. The molecule has 0 aliphatic heterocycles. The van der Waals surface area contributed by atoms with Crippen molar-refractivity contribution in [2.75, 3.05) is 0 Å². The number of hydrogen-bond acceptors (Lipinski definition) is 1. The van der Waals surface area contributed by atoms with Crippen LogP contribution < -0.4 is 0 Å². The largest absolute Gasteiger partial charge is 0.389 e. The van der Waals surface area contributed by atoms with Crippen molar-refractivity contribution in [2.45, 2.75) is 38.2 Å². The van der Waals surface area contributed by atoms with Gasteiger partial charge in [-0.25, -0.2) is 0 Å². The van der Waals surface area contributed by atoms with E-state index in [1.165, 1.54) is 21.1 Å². The molecule has 0 bridgehead atoms. The van der Waals surface area contributed by atoms with Crippen LogP contribution in [-0.2, 0) is 6.42 Å². The van der Waals surface area contributed by atoms with Gasteiger partial charge in [0, 0.05) is 3.57 Å². The fourth-order valence-electron chi connectivity index (χ4n) is 2.16. The van der Waals surface area contributed by atoms with Crippen molar-refractivity contribution in [3.8, 4) is 0 Å². The summed E-state index contributed by atoms with van der Waals surface area (Å²) < 4.78 is 1.27. The molecule has 1 nitrogen and oxygen atoms in total. The lowest BCUT2D eigenvalue weighted by atomic mass is 10.0. The molecule has 1 atom stereocenters. The maximum absolute atomic E-state index is 9.70. The Balaban J connectivity index is 2.05. The van der Waals surface area contributed by atoms with E-state index in [0.29, 0.717) is 0 Å². The van der Waals surface area contributed by atoms with Crippen LogP contribution in [0.1, 0.15) is 31.2 Å². The second-order valence-corrected chi connectivity index (χ2v) is 5.69. The lowest BCUT2D eigenvalue weighted by Gasteiger charge is -2.06. The molecule has 16 heavy (non-hydrogen) atoms. The van der Waals surface area contributed by atoms with Gasteiger partial charge in [0.1, 0.15) is 0 Å². The van der Waals surface area contributed by atoms with Gasteiger partial charge in [-0.2, -0.15) is 0 Å². The van der Waals surface area contributed by atoms with E-state index in [1.807, 2.05) is 0 Å². The van der Waals surface area contributed by atoms with Crippen molar-refractivity contribution in [3.05, 3.63) is 45.0 Å². The van der Waals surface area contributed by atoms with Gasteiger partial charge in [0.2, 0.25) is 0 Å². The molecule has 0 amide bonds. The van der Waals surface area contributed by atoms with Gasteiger partial charge in [-0.15, -0.1) is 0 Å². The predicted molar refractivity (Wildman–Crippen MR) is 75.4 cm³/mol. The van der Waals surface area contributed by atoms with E-state index in [2.05, 4.69) is 52.9 Å². The zero-order valence-corrected chi connectivity index (χ0v) is 11.5. The minimum atomic E-state index is -0.221. The number of halogens is 1. The van der Waals surface area contributed by atoms with Gasteiger partial charge in [-0.05, 0) is 66.0 Å². The van der Waals surface area contributed by atoms with Gasteiger partial charge in [0.15, 0.2) is 0 Å². The highest BCUT2D eigenvalue weighted by molar-refractivity contribution is 14.1. The van der Waals surface area contributed by atoms with Crippen LogP contribution in [0.5, 0.6) is 0 Å². The number of allylic oxidation sites excluding steroid dienone is 1. The molecule has 1 aliphatic rings. The molecule has 1 unspecified atom stereocenters. The first-order chi connectivity index (χ1) is 7.74. The van der Waals surface area contributed by atoms with Crippen molar-refractivity contribution in [3.63, 3.8) is 0 Å². The summed E-state index contributed by atoms with van der Waals surface area (Å²) in [6, 6.07) is 8.65. The Kier molecular flexibility index (Phi) is 4.41. The first kappa shape index (κ1) is 12.1. The highest BCUT2D eigenvalue weighted by Gasteiger charge is 2.09. The smallest absolute Gasteiger partial charge is 0.0723 e. The van der Waals surface area contributed by atoms with Crippen LogP contribution in [0.25, 0.3) is 0 Å². The van der Waals surface area contributed by atoms with Crippen LogP contribution >= 0.6 is 22.6 Å². The van der Waals surface area contributed by atoms with E-state index >= 15 is 0 Å². The number of rotatable bonds is 2. The lowest BCUT2D eigenvalue weighted by Crippen LogP contribution is -2.01. The van der Waals surface area contributed by atoms with Gasteiger partial charge >= 0.3 is 0 Å². The average molecular weight is 328 g/mol. The molecule has 1 N–H and O–H groups in total. The summed E-state index contributed by atoms with van der Waals surface area (Å²) in [4.78, 5) is 0. The SMILES string of the molecule is OC1C=C(Cc2ccc(I)cc2)CCCC1. The number of benzene rings is 1. The van der Waals surface area contributed by atoms with Crippen LogP contribution in [0.4, 0.5) is 0 Å². The predicted octanol–water partition coefficient (Wildman–Crippen LogP) is 3.70. The summed E-state index contributed by atoms with van der Waals surface area (Å²) in [6.45, 7) is 0. The molecule has 0 radical (unpaired) electrons. The minimum Gasteiger partial charge on any atom is -0.389 e. The summed E-state index contributed by atoms with van der Waals surface area (Å²) in [5.41, 5.74) is 2.74. The summed E-state index contributed by atoms with van der Waals surface area (Å²) >= 11 is 2.32. The van der Waals surface area contributed by atoms with E-state index < -0.39 is 0 Å². The van der Waals surface area contributed by atoms with Gasteiger partial charge in [-0.1, -0.05) is 30.2 Å². The monoisotopic (exact) mass is 328 g/mol. The van der Waals surface area contributed by atoms with Gasteiger partial charge < -0.3 is 5.11 Å². The third-order valence-corrected chi connectivity index (χ3v) is 3.74. The fraction of sp³-hybridized carbons (Fsp3) is 0.429. The first-order valence-electron chi connectivity index (χ1n) is 5.86. The summed E-state index contributed by atoms with van der Waals surface area (Å²) in [6.07, 6.45) is 7.26. The molecule has 1 aliphatic carbocycles. The topological polar surface area (TPSA) is 20.2 Å². The molecule has 0 spiro atoms. The zero-order valence-electron chi connectivity index (χ0n) is 9.32. The molecule has 0 saturated carbocycles. The van der Waals surface area contributed by atoms with Crippen LogP contribution in [0, 0.1) is 3.57 Å². The van der Waals surface area contributed by atoms with Crippen LogP contribution in [0.2, 0.25) is 0 Å². The number of aliphatic hydroxyl groups excluding tert-OH is 1. The van der Waals surface area contributed by atoms with E-state index in [9.17, 15) is 5.11 Å². The van der Waals surface area contributed by atoms with E-state index in [-0.39, 0.29) is 6.10 Å². The van der Waals surface area contributed by atoms with Gasteiger partial charge in [0.25, 0.3) is 0 Å². The van der Waals surface area contributed by atoms with Crippen molar-refractivity contribution in [1.29, 1.82) is 0 Å². The van der Waals surface area contributed by atoms with Crippen molar-refractivity contribution in [1.82, 2.24) is 0 Å². The van der Waals surface area contributed by atoms with E-state index in [1.54, 1.807) is 0 Å². The van der Waals surface area contributed by atoms with Crippen LogP contribution in [0.15, 0.2) is 35.9 Å². The summed E-state index contributed by atoms with van der Waals surface area (Å²) in [5, 5.41) is 9.70. The highest BCUT2D eigenvalue weighted by Crippen LogP contribution is 2.21. The third kappa shape index (κ3) is 3.59. The zero-order chi connectivity index (χ0) is 11.4. The lowest BCUT2D eigenvalue weighted by molar-refractivity contribution is 0.211. The molecular formula is C14H17IO. The Morgan fingerprint density at radius 2 is 1.94 bits per heavy atom. The van der Waals surface area contributed by atoms with Crippen molar-refractivity contribution >= 4 is 22.6 Å². The minimum absolute atomic E-state index is 0.221. The molecule has 86 valence electrons. The maximum atomic E-state index is 9.70. The average Bonchev–Trinajstić information content (AvgIpc) is 2.46. The third-order valence-electron chi connectivity index (χ3n) is 3.02. The number of hydrogen-bond donors (Lipinski definition) is 1. The molecule has 0 heterocycles. The highest BCUT2D eigenvalue weighted by atomic mass is 127. The molecule has 2 rings (SSSR count). The fourth-order valence-corrected chi connectivity index (χ4v) is 2.52. The van der Waals surface area contributed by atoms with E-state index in [0.717, 1.165) is 25.7 Å². The standard InChI is InChI=1S/C14H17IO/c15-13-7-5-11(6-8-13)9-12-3-1-2-4-14(16)10-12/h5-8,10,14,16H,1-4,9H2. The van der Waals surface area contributed by atoms with Crippen LogP contribution in [0.3, 0.4) is 0 Å². The molecule has 2 heteroatoms. The van der Waals surface area contributed by atoms with Crippen molar-refractivity contribution < 1.29 is 5.11 Å². The second-order valence-electron chi connectivity index (χ2n) is 4.44. The van der Waals surface area contributed by atoms with Gasteiger partial charge in [0.05, 0.1) is 6.10 Å². The number of aliphatic hydroxyl groups is 1. The Hall–Kier alpha value is -0.350. The van der Waals surface area contributed by atoms with Gasteiger partial charge in [-0.3, -0.25) is 0 Å². The second kappa shape index (κ2) is 5.82. The molecular weight excluding hydrogens is 311 g/mol. The molecule has 1 aromatic rings. The Morgan fingerprint density at radius 3 is 2.69 bits per heavy atom. The molecule has 1 aromatic carbocycles. The summed E-state index contributed by atoms with van der Waals surface area (Å²) in [5.74, 6) is 0. The first-order valence-corrected chi connectivity index (χ1v) is 6.94.